The molecule has 0 aliphatic heterocycles. The summed E-state index contributed by atoms with van der Waals surface area (Å²) in [6, 6.07) is 10.8. The third-order valence-corrected chi connectivity index (χ3v) is 4.28. The van der Waals surface area contributed by atoms with Crippen LogP contribution in [0, 0.1) is 0 Å². The van der Waals surface area contributed by atoms with Crippen LogP contribution in [0.4, 0.5) is 0 Å². The highest BCUT2D eigenvalue weighted by Crippen LogP contribution is 2.22. The van der Waals surface area contributed by atoms with Gasteiger partial charge in [-0.1, -0.05) is 23.7 Å². The number of thiazole rings is 1. The molecule has 0 radical (unpaired) electrons. The first kappa shape index (κ1) is 14.7. The number of nitrogens with one attached hydrogen (secondary N) is 1. The van der Waals surface area contributed by atoms with E-state index < -0.39 is 0 Å². The van der Waals surface area contributed by atoms with E-state index in [4.69, 9.17) is 11.6 Å². The first-order chi connectivity index (χ1) is 10.7. The van der Waals surface area contributed by atoms with Crippen molar-refractivity contribution in [3.8, 4) is 10.6 Å². The second kappa shape index (κ2) is 6.68. The van der Waals surface area contributed by atoms with Gasteiger partial charge in [-0.05, 0) is 24.3 Å². The lowest BCUT2D eigenvalue weighted by molar-refractivity contribution is 0.0950. The number of hydrogen-bond donors (Lipinski definition) is 1. The largest absolute Gasteiger partial charge is 0.346 e. The Morgan fingerprint density at radius 2 is 2.09 bits per heavy atom. The van der Waals surface area contributed by atoms with Gasteiger partial charge in [0.05, 0.1) is 22.8 Å². The minimum absolute atomic E-state index is 0.207. The van der Waals surface area contributed by atoms with Crippen LogP contribution < -0.4 is 5.32 Å². The number of hydrogen-bond acceptors (Lipinski definition) is 4. The van der Waals surface area contributed by atoms with Gasteiger partial charge in [-0.25, -0.2) is 4.98 Å². The molecular weight excluding hydrogens is 318 g/mol. The number of pyridine rings is 1. The number of carbonyl (C=O) groups is 1. The molecule has 1 aromatic carbocycles. The van der Waals surface area contributed by atoms with E-state index in [1.165, 1.54) is 11.3 Å². The molecule has 110 valence electrons. The second-order valence-electron chi connectivity index (χ2n) is 4.55. The Bertz CT molecular complexity index is 789. The van der Waals surface area contributed by atoms with Gasteiger partial charge in [0.1, 0.15) is 5.01 Å². The molecule has 0 fully saturated rings. The summed E-state index contributed by atoms with van der Waals surface area (Å²) in [5, 5.41) is 6.08. The minimum atomic E-state index is -0.207. The number of rotatable bonds is 4. The molecule has 3 aromatic rings. The molecule has 0 aliphatic rings. The maximum absolute atomic E-state index is 12.1. The Hall–Kier alpha value is -2.24. The molecule has 22 heavy (non-hydrogen) atoms. The fourth-order valence-corrected chi connectivity index (χ4v) is 2.95. The molecule has 1 amide bonds. The van der Waals surface area contributed by atoms with Crippen LogP contribution in [-0.4, -0.2) is 15.9 Å². The Balaban J connectivity index is 1.67. The van der Waals surface area contributed by atoms with Crippen LogP contribution in [0.25, 0.3) is 10.6 Å². The number of carbonyl (C=O) groups excluding carboxylic acids is 1. The zero-order valence-corrected chi connectivity index (χ0v) is 13.1. The molecule has 0 saturated carbocycles. The number of nitrogens with zero attached hydrogens (tertiary/aromatic N) is 2. The van der Waals surface area contributed by atoms with Gasteiger partial charge in [0.2, 0.25) is 0 Å². The standard InChI is InChI=1S/C16H12ClN3OS/c17-14-6-2-1-5-13(14)15(21)19-9-12-10-22-16(20-12)11-4-3-7-18-8-11/h1-8,10H,9H2,(H,19,21). The normalized spacial score (nSPS) is 10.4. The first-order valence-corrected chi connectivity index (χ1v) is 7.87. The molecule has 0 spiro atoms. The minimum Gasteiger partial charge on any atom is -0.346 e. The third-order valence-electron chi connectivity index (χ3n) is 3.01. The summed E-state index contributed by atoms with van der Waals surface area (Å²) in [5.74, 6) is -0.207. The van der Waals surface area contributed by atoms with Crippen molar-refractivity contribution in [1.82, 2.24) is 15.3 Å². The molecule has 2 heterocycles. The molecule has 6 heteroatoms. The molecule has 0 bridgehead atoms. The van der Waals surface area contributed by atoms with E-state index in [2.05, 4.69) is 15.3 Å². The summed E-state index contributed by atoms with van der Waals surface area (Å²) in [7, 11) is 0. The summed E-state index contributed by atoms with van der Waals surface area (Å²) in [6.45, 7) is 0.362. The lowest BCUT2D eigenvalue weighted by Gasteiger charge is -2.04. The predicted octanol–water partition coefficient (Wildman–Crippen LogP) is 3.79. The van der Waals surface area contributed by atoms with Crippen molar-refractivity contribution in [2.45, 2.75) is 6.54 Å². The van der Waals surface area contributed by atoms with Crippen molar-refractivity contribution in [3.63, 3.8) is 0 Å². The van der Waals surface area contributed by atoms with E-state index in [1.807, 2.05) is 17.5 Å². The summed E-state index contributed by atoms with van der Waals surface area (Å²) in [6.07, 6.45) is 3.49. The quantitative estimate of drug-likeness (QED) is 0.792. The molecular formula is C16H12ClN3OS. The average molecular weight is 330 g/mol. The van der Waals surface area contributed by atoms with Gasteiger partial charge in [0.15, 0.2) is 0 Å². The third kappa shape index (κ3) is 3.32. The summed E-state index contributed by atoms with van der Waals surface area (Å²) in [4.78, 5) is 20.7. The SMILES string of the molecule is O=C(NCc1csc(-c2cccnc2)n1)c1ccccc1Cl. The highest BCUT2D eigenvalue weighted by atomic mass is 35.5. The average Bonchev–Trinajstić information content (AvgIpc) is 3.03. The predicted molar refractivity (Wildman–Crippen MR) is 88.0 cm³/mol. The van der Waals surface area contributed by atoms with Gasteiger partial charge in [0.25, 0.3) is 5.91 Å². The van der Waals surface area contributed by atoms with Crippen LogP contribution in [-0.2, 0) is 6.54 Å². The maximum Gasteiger partial charge on any atom is 0.253 e. The van der Waals surface area contributed by atoms with Crippen LogP contribution in [0.3, 0.4) is 0 Å². The van der Waals surface area contributed by atoms with Gasteiger partial charge in [-0.3, -0.25) is 9.78 Å². The second-order valence-corrected chi connectivity index (χ2v) is 5.81. The molecule has 4 nitrogen and oxygen atoms in total. The zero-order chi connectivity index (χ0) is 15.4. The van der Waals surface area contributed by atoms with Crippen LogP contribution in [0.2, 0.25) is 5.02 Å². The molecule has 0 saturated heterocycles. The summed E-state index contributed by atoms with van der Waals surface area (Å²) in [5.41, 5.74) is 2.24. The smallest absolute Gasteiger partial charge is 0.253 e. The van der Waals surface area contributed by atoms with Crippen molar-refractivity contribution in [2.24, 2.45) is 0 Å². The molecule has 3 rings (SSSR count). The lowest BCUT2D eigenvalue weighted by Crippen LogP contribution is -2.23. The Morgan fingerprint density at radius 3 is 2.86 bits per heavy atom. The molecule has 0 aliphatic carbocycles. The van der Waals surface area contributed by atoms with E-state index in [1.54, 1.807) is 36.7 Å². The lowest BCUT2D eigenvalue weighted by atomic mass is 10.2. The van der Waals surface area contributed by atoms with E-state index in [-0.39, 0.29) is 5.91 Å². The van der Waals surface area contributed by atoms with Gasteiger partial charge in [0, 0.05) is 23.3 Å². The van der Waals surface area contributed by atoms with E-state index in [0.29, 0.717) is 17.1 Å². The highest BCUT2D eigenvalue weighted by molar-refractivity contribution is 7.13. The number of aromatic nitrogens is 2. The van der Waals surface area contributed by atoms with Crippen LogP contribution in [0.15, 0.2) is 54.2 Å². The first-order valence-electron chi connectivity index (χ1n) is 6.61. The number of halogens is 1. The van der Waals surface area contributed by atoms with Gasteiger partial charge in [-0.2, -0.15) is 0 Å². The van der Waals surface area contributed by atoms with Crippen molar-refractivity contribution >= 4 is 28.8 Å². The van der Waals surface area contributed by atoms with E-state index in [0.717, 1.165) is 16.3 Å². The maximum atomic E-state index is 12.1. The number of amides is 1. The zero-order valence-electron chi connectivity index (χ0n) is 11.5. The van der Waals surface area contributed by atoms with E-state index >= 15 is 0 Å². The summed E-state index contributed by atoms with van der Waals surface area (Å²) < 4.78 is 0. The monoisotopic (exact) mass is 329 g/mol. The molecule has 0 unspecified atom stereocenters. The van der Waals surface area contributed by atoms with Crippen molar-refractivity contribution in [3.05, 3.63) is 70.5 Å². The van der Waals surface area contributed by atoms with Crippen molar-refractivity contribution in [1.29, 1.82) is 0 Å². The fourth-order valence-electron chi connectivity index (χ4n) is 1.92. The van der Waals surface area contributed by atoms with Gasteiger partial charge < -0.3 is 5.32 Å². The number of benzene rings is 1. The Kier molecular flexibility index (Phi) is 4.46. The van der Waals surface area contributed by atoms with Crippen molar-refractivity contribution < 1.29 is 4.79 Å². The molecule has 0 atom stereocenters. The Labute approximate surface area is 136 Å². The highest BCUT2D eigenvalue weighted by Gasteiger charge is 2.10. The Morgan fingerprint density at radius 1 is 1.23 bits per heavy atom. The molecule has 1 N–H and O–H groups in total. The van der Waals surface area contributed by atoms with Crippen LogP contribution in [0.5, 0.6) is 0 Å². The van der Waals surface area contributed by atoms with E-state index in [9.17, 15) is 4.79 Å². The fraction of sp³-hybridized carbons (Fsp3) is 0.0625. The van der Waals surface area contributed by atoms with Crippen LogP contribution >= 0.6 is 22.9 Å². The van der Waals surface area contributed by atoms with Gasteiger partial charge in [-0.15, -0.1) is 11.3 Å². The summed E-state index contributed by atoms with van der Waals surface area (Å²) >= 11 is 7.53. The van der Waals surface area contributed by atoms with Crippen LogP contribution in [0.1, 0.15) is 16.1 Å². The topological polar surface area (TPSA) is 54.9 Å². The molecule has 2 aromatic heterocycles. The van der Waals surface area contributed by atoms with Crippen molar-refractivity contribution in [2.75, 3.05) is 0 Å². The van der Waals surface area contributed by atoms with Gasteiger partial charge >= 0.3 is 0 Å².